The Bertz CT molecular complexity index is 1370. The van der Waals surface area contributed by atoms with Crippen LogP contribution in [0.5, 0.6) is 5.88 Å². The lowest BCUT2D eigenvalue weighted by atomic mass is 9.91. The molecule has 0 unspecified atom stereocenters. The molecular formula is C24H21F3N6O. The van der Waals surface area contributed by atoms with Crippen molar-refractivity contribution in [1.82, 2.24) is 29.3 Å². The van der Waals surface area contributed by atoms with E-state index in [4.69, 9.17) is 4.74 Å². The van der Waals surface area contributed by atoms with E-state index in [0.29, 0.717) is 41.8 Å². The van der Waals surface area contributed by atoms with Gasteiger partial charge in [-0.05, 0) is 61.7 Å². The molecule has 0 saturated heterocycles. The van der Waals surface area contributed by atoms with Gasteiger partial charge in [-0.2, -0.15) is 5.10 Å². The SMILES string of the molecule is COc1nc(C=Cc2nc3n(n2)CCC[C@H]3c2cc(F)c(F)c(F)c2)ccc1-n1cnc(C)c1. The number of pyridine rings is 1. The Hall–Kier alpha value is -3.95. The normalized spacial score (nSPS) is 15.6. The van der Waals surface area contributed by atoms with E-state index in [1.54, 1.807) is 30.3 Å². The molecule has 4 heterocycles. The zero-order valence-corrected chi connectivity index (χ0v) is 18.5. The fraction of sp³-hybridized carbons (Fsp3) is 0.250. The van der Waals surface area contributed by atoms with Crippen molar-refractivity contribution in [3.63, 3.8) is 0 Å². The third-order valence-corrected chi connectivity index (χ3v) is 5.75. The van der Waals surface area contributed by atoms with Crippen molar-refractivity contribution < 1.29 is 17.9 Å². The zero-order valence-electron chi connectivity index (χ0n) is 18.5. The van der Waals surface area contributed by atoms with E-state index in [-0.39, 0.29) is 5.92 Å². The van der Waals surface area contributed by atoms with Crippen molar-refractivity contribution in [2.24, 2.45) is 0 Å². The van der Waals surface area contributed by atoms with Crippen LogP contribution < -0.4 is 4.74 Å². The van der Waals surface area contributed by atoms with E-state index in [9.17, 15) is 13.2 Å². The van der Waals surface area contributed by atoms with Gasteiger partial charge in [-0.15, -0.1) is 0 Å². The van der Waals surface area contributed by atoms with E-state index in [0.717, 1.165) is 29.9 Å². The topological polar surface area (TPSA) is 70.7 Å². The molecule has 0 spiro atoms. The minimum atomic E-state index is -1.47. The van der Waals surface area contributed by atoms with Gasteiger partial charge >= 0.3 is 0 Å². The first-order valence-corrected chi connectivity index (χ1v) is 10.8. The number of aromatic nitrogens is 6. The number of nitrogens with zero attached hydrogens (tertiary/aromatic N) is 6. The van der Waals surface area contributed by atoms with Gasteiger partial charge in [-0.3, -0.25) is 0 Å². The van der Waals surface area contributed by atoms with Crippen LogP contribution in [0.4, 0.5) is 13.2 Å². The second-order valence-electron chi connectivity index (χ2n) is 8.06. The van der Waals surface area contributed by atoms with Crippen LogP contribution in [-0.2, 0) is 6.54 Å². The average molecular weight is 466 g/mol. The fourth-order valence-electron chi connectivity index (χ4n) is 4.13. The van der Waals surface area contributed by atoms with Gasteiger partial charge in [0, 0.05) is 18.7 Å². The molecule has 0 saturated carbocycles. The van der Waals surface area contributed by atoms with Gasteiger partial charge < -0.3 is 9.30 Å². The van der Waals surface area contributed by atoms with Crippen LogP contribution in [0.2, 0.25) is 0 Å². The van der Waals surface area contributed by atoms with Gasteiger partial charge in [0.1, 0.15) is 11.5 Å². The molecule has 4 aromatic rings. The van der Waals surface area contributed by atoms with Crippen molar-refractivity contribution in [1.29, 1.82) is 0 Å². The predicted molar refractivity (Wildman–Crippen MR) is 119 cm³/mol. The second kappa shape index (κ2) is 8.77. The number of methoxy groups -OCH3 is 1. The van der Waals surface area contributed by atoms with Gasteiger partial charge in [-0.1, -0.05) is 0 Å². The van der Waals surface area contributed by atoms with E-state index in [1.807, 2.05) is 29.8 Å². The number of halogens is 3. The van der Waals surface area contributed by atoms with Crippen molar-refractivity contribution in [2.45, 2.75) is 32.2 Å². The zero-order chi connectivity index (χ0) is 23.8. The van der Waals surface area contributed by atoms with Gasteiger partial charge in [0.25, 0.3) is 0 Å². The molecule has 0 amide bonds. The first-order valence-electron chi connectivity index (χ1n) is 10.8. The van der Waals surface area contributed by atoms with Gasteiger partial charge in [0.15, 0.2) is 23.3 Å². The molecule has 1 atom stereocenters. The monoisotopic (exact) mass is 466 g/mol. The standard InChI is InChI=1S/C24H21F3N6O/c1-14-12-32(13-28-14)20-7-5-16(29-24(20)34-2)6-8-21-30-23-17(4-3-9-33(23)31-21)15-10-18(25)22(27)19(26)11-15/h5-8,10-13,17H,3-4,9H2,1-2H3/t17-/m0/s1. The van der Waals surface area contributed by atoms with Crippen molar-refractivity contribution in [3.05, 3.63) is 82.8 Å². The van der Waals surface area contributed by atoms with Gasteiger partial charge in [0.2, 0.25) is 5.88 Å². The molecule has 1 aromatic carbocycles. The molecule has 174 valence electrons. The number of hydrogen-bond acceptors (Lipinski definition) is 5. The summed E-state index contributed by atoms with van der Waals surface area (Å²) in [5, 5.41) is 4.50. The highest BCUT2D eigenvalue weighted by molar-refractivity contribution is 5.65. The second-order valence-corrected chi connectivity index (χ2v) is 8.06. The summed E-state index contributed by atoms with van der Waals surface area (Å²) < 4.78 is 50.0. The smallest absolute Gasteiger partial charge is 0.238 e. The molecule has 5 rings (SSSR count). The van der Waals surface area contributed by atoms with Crippen molar-refractivity contribution in [3.8, 4) is 11.6 Å². The van der Waals surface area contributed by atoms with Gasteiger partial charge in [-0.25, -0.2) is 32.8 Å². The molecule has 0 N–H and O–H groups in total. The van der Waals surface area contributed by atoms with E-state index >= 15 is 0 Å². The Morgan fingerprint density at radius 2 is 1.88 bits per heavy atom. The predicted octanol–water partition coefficient (Wildman–Crippen LogP) is 4.69. The van der Waals surface area contributed by atoms with Crippen LogP contribution in [0.1, 0.15) is 47.4 Å². The molecule has 34 heavy (non-hydrogen) atoms. The number of fused-ring (bicyclic) bond motifs is 1. The van der Waals surface area contributed by atoms with Crippen molar-refractivity contribution >= 4 is 12.2 Å². The van der Waals surface area contributed by atoms with Crippen LogP contribution in [0, 0.1) is 24.4 Å². The van der Waals surface area contributed by atoms with Crippen LogP contribution >= 0.6 is 0 Å². The largest absolute Gasteiger partial charge is 0.479 e. The third kappa shape index (κ3) is 4.07. The highest BCUT2D eigenvalue weighted by Crippen LogP contribution is 2.33. The molecule has 0 radical (unpaired) electrons. The summed E-state index contributed by atoms with van der Waals surface area (Å²) in [5.41, 5.74) is 2.63. The Morgan fingerprint density at radius 3 is 2.59 bits per heavy atom. The Labute approximate surface area is 193 Å². The molecular weight excluding hydrogens is 445 g/mol. The summed E-state index contributed by atoms with van der Waals surface area (Å²) in [6.45, 7) is 2.54. The highest BCUT2D eigenvalue weighted by atomic mass is 19.2. The number of imidazole rings is 1. The quantitative estimate of drug-likeness (QED) is 0.399. The van der Waals surface area contributed by atoms with E-state index in [1.165, 1.54) is 0 Å². The molecule has 7 nitrogen and oxygen atoms in total. The summed E-state index contributed by atoms with van der Waals surface area (Å²) in [7, 11) is 1.55. The number of ether oxygens (including phenoxy) is 1. The Kier molecular flexibility index (Phi) is 5.64. The summed E-state index contributed by atoms with van der Waals surface area (Å²) in [6.07, 6.45) is 8.46. The van der Waals surface area contributed by atoms with Crippen LogP contribution in [0.15, 0.2) is 36.8 Å². The summed E-state index contributed by atoms with van der Waals surface area (Å²) in [4.78, 5) is 13.3. The fourth-order valence-corrected chi connectivity index (χ4v) is 4.13. The minimum absolute atomic E-state index is 0.344. The van der Waals surface area contributed by atoms with E-state index in [2.05, 4.69) is 20.1 Å². The molecule has 1 aliphatic heterocycles. The Balaban J connectivity index is 1.42. The summed E-state index contributed by atoms with van der Waals surface area (Å²) >= 11 is 0. The maximum atomic E-state index is 13.8. The summed E-state index contributed by atoms with van der Waals surface area (Å²) in [5.74, 6) is -2.78. The lowest BCUT2D eigenvalue weighted by molar-refractivity contribution is 0.395. The summed E-state index contributed by atoms with van der Waals surface area (Å²) in [6, 6.07) is 5.78. The number of benzene rings is 1. The molecule has 0 fully saturated rings. The number of hydrogen-bond donors (Lipinski definition) is 0. The molecule has 0 aliphatic carbocycles. The van der Waals surface area contributed by atoms with Crippen LogP contribution in [-0.4, -0.2) is 36.4 Å². The first-order chi connectivity index (χ1) is 16.4. The van der Waals surface area contributed by atoms with Crippen LogP contribution in [0.25, 0.3) is 17.8 Å². The first kappa shape index (κ1) is 21.9. The average Bonchev–Trinajstić information content (AvgIpc) is 3.46. The third-order valence-electron chi connectivity index (χ3n) is 5.75. The Morgan fingerprint density at radius 1 is 1.09 bits per heavy atom. The maximum Gasteiger partial charge on any atom is 0.238 e. The molecule has 0 bridgehead atoms. The van der Waals surface area contributed by atoms with Crippen molar-refractivity contribution in [2.75, 3.05) is 7.11 Å². The van der Waals surface area contributed by atoms with E-state index < -0.39 is 17.5 Å². The highest BCUT2D eigenvalue weighted by Gasteiger charge is 2.27. The minimum Gasteiger partial charge on any atom is -0.479 e. The molecule has 10 heteroatoms. The molecule has 3 aromatic heterocycles. The molecule has 1 aliphatic rings. The number of rotatable bonds is 5. The lowest BCUT2D eigenvalue weighted by Gasteiger charge is -2.22. The van der Waals surface area contributed by atoms with Gasteiger partial charge in [0.05, 0.1) is 24.8 Å². The van der Waals surface area contributed by atoms with Crippen LogP contribution in [0.3, 0.4) is 0 Å². The maximum absolute atomic E-state index is 13.8. The lowest BCUT2D eigenvalue weighted by Crippen LogP contribution is -2.18. The number of aryl methyl sites for hydroxylation is 2.